The molecule has 1 unspecified atom stereocenters. The summed E-state index contributed by atoms with van der Waals surface area (Å²) in [6.45, 7) is 0.574. The van der Waals surface area contributed by atoms with Gasteiger partial charge in [0.15, 0.2) is 0 Å². The number of hydrogen-bond donors (Lipinski definition) is 2. The van der Waals surface area contributed by atoms with Crippen LogP contribution in [0.4, 0.5) is 4.39 Å². The molecule has 1 aliphatic heterocycles. The highest BCUT2D eigenvalue weighted by molar-refractivity contribution is 7.89. The van der Waals surface area contributed by atoms with Gasteiger partial charge in [-0.05, 0) is 30.5 Å². The van der Waals surface area contributed by atoms with E-state index in [9.17, 15) is 17.6 Å². The van der Waals surface area contributed by atoms with E-state index in [0.29, 0.717) is 36.1 Å². The van der Waals surface area contributed by atoms with Crippen molar-refractivity contribution in [2.45, 2.75) is 18.1 Å². The molecular formula is C16H18FN3O3S. The van der Waals surface area contributed by atoms with Crippen molar-refractivity contribution in [3.63, 3.8) is 0 Å². The van der Waals surface area contributed by atoms with Gasteiger partial charge in [0.05, 0.1) is 10.8 Å². The van der Waals surface area contributed by atoms with Gasteiger partial charge < -0.3 is 9.88 Å². The third kappa shape index (κ3) is 3.34. The lowest BCUT2D eigenvalue weighted by molar-refractivity contribution is 0.0728. The average molecular weight is 351 g/mol. The number of aromatic nitrogens is 1. The number of likely N-dealkylation sites (tertiary alicyclic amines) is 1. The minimum Gasteiger partial charge on any atom is -0.366 e. The summed E-state index contributed by atoms with van der Waals surface area (Å²) >= 11 is 0. The molecule has 128 valence electrons. The van der Waals surface area contributed by atoms with E-state index in [-0.39, 0.29) is 18.3 Å². The number of carbonyl (C=O) groups is 1. The summed E-state index contributed by atoms with van der Waals surface area (Å²) in [5.74, 6) is -0.613. The first-order valence-corrected chi connectivity index (χ1v) is 9.21. The van der Waals surface area contributed by atoms with Crippen LogP contribution in [0.3, 0.4) is 0 Å². The number of amides is 1. The molecule has 0 spiro atoms. The zero-order valence-electron chi connectivity index (χ0n) is 12.9. The van der Waals surface area contributed by atoms with Crippen LogP contribution in [-0.2, 0) is 10.0 Å². The molecule has 1 aromatic heterocycles. The van der Waals surface area contributed by atoms with Gasteiger partial charge >= 0.3 is 0 Å². The van der Waals surface area contributed by atoms with Gasteiger partial charge in [-0.1, -0.05) is 12.1 Å². The maximum absolute atomic E-state index is 13.1. The summed E-state index contributed by atoms with van der Waals surface area (Å²) < 4.78 is 36.2. The molecule has 3 N–H and O–H groups in total. The Labute approximate surface area is 139 Å². The zero-order chi connectivity index (χ0) is 17.3. The van der Waals surface area contributed by atoms with E-state index in [1.54, 1.807) is 24.5 Å². The number of nitrogens with one attached hydrogen (secondary N) is 1. The Morgan fingerprint density at radius 2 is 1.96 bits per heavy atom. The summed E-state index contributed by atoms with van der Waals surface area (Å²) in [5.41, 5.74) is 1.79. The van der Waals surface area contributed by atoms with Crippen LogP contribution in [-0.4, -0.2) is 42.5 Å². The van der Waals surface area contributed by atoms with E-state index < -0.39 is 15.3 Å². The van der Waals surface area contributed by atoms with E-state index in [2.05, 4.69) is 4.98 Å². The summed E-state index contributed by atoms with van der Waals surface area (Å²) in [5, 5.41) is 4.49. The van der Waals surface area contributed by atoms with Crippen molar-refractivity contribution in [3.05, 3.63) is 48.0 Å². The maximum atomic E-state index is 13.1. The summed E-state index contributed by atoms with van der Waals surface area (Å²) in [4.78, 5) is 17.2. The van der Waals surface area contributed by atoms with Crippen molar-refractivity contribution in [1.29, 1.82) is 0 Å². The van der Waals surface area contributed by atoms with Gasteiger partial charge in [-0.15, -0.1) is 0 Å². The molecule has 0 saturated carbocycles. The van der Waals surface area contributed by atoms with Gasteiger partial charge in [0.25, 0.3) is 5.91 Å². The average Bonchev–Trinajstić information content (AvgIpc) is 3.04. The molecule has 0 radical (unpaired) electrons. The fourth-order valence-electron chi connectivity index (χ4n) is 2.97. The number of aromatic amines is 1. The summed E-state index contributed by atoms with van der Waals surface area (Å²) in [7, 11) is -3.67. The number of nitrogens with zero attached hydrogens (tertiary/aromatic N) is 1. The van der Waals surface area contributed by atoms with Crippen LogP contribution in [0.5, 0.6) is 0 Å². The molecule has 2 aromatic rings. The van der Waals surface area contributed by atoms with Crippen LogP contribution in [0, 0.1) is 5.82 Å². The maximum Gasteiger partial charge on any atom is 0.256 e. The molecule has 1 amide bonds. The number of piperidine rings is 1. The molecule has 0 aliphatic carbocycles. The molecule has 1 aromatic carbocycles. The summed E-state index contributed by atoms with van der Waals surface area (Å²) in [6.07, 6.45) is 4.28. The molecule has 6 nitrogen and oxygen atoms in total. The second-order valence-electron chi connectivity index (χ2n) is 5.89. The number of rotatable bonds is 3. The van der Waals surface area contributed by atoms with Crippen molar-refractivity contribution >= 4 is 15.9 Å². The second kappa shape index (κ2) is 6.37. The minimum atomic E-state index is -3.67. The normalized spacial score (nSPS) is 18.6. The lowest BCUT2D eigenvalue weighted by atomic mass is 10.0. The van der Waals surface area contributed by atoms with Gasteiger partial charge in [-0.3, -0.25) is 4.79 Å². The molecule has 1 atom stereocenters. The molecular weight excluding hydrogens is 333 g/mol. The molecule has 0 bridgehead atoms. The van der Waals surface area contributed by atoms with Crippen LogP contribution < -0.4 is 5.14 Å². The van der Waals surface area contributed by atoms with Crippen LogP contribution in [0.1, 0.15) is 23.2 Å². The fraction of sp³-hybridized carbons (Fsp3) is 0.312. The molecule has 8 heteroatoms. The van der Waals surface area contributed by atoms with Crippen molar-refractivity contribution in [2.24, 2.45) is 5.14 Å². The Balaban J connectivity index is 1.86. The molecule has 1 aliphatic rings. The number of benzene rings is 1. The molecule has 1 fully saturated rings. The number of sulfonamides is 1. The molecule has 3 rings (SSSR count). The topological polar surface area (TPSA) is 96.3 Å². The van der Waals surface area contributed by atoms with E-state index in [0.717, 1.165) is 0 Å². The quantitative estimate of drug-likeness (QED) is 0.881. The number of primary sulfonamides is 1. The van der Waals surface area contributed by atoms with Crippen LogP contribution in [0.2, 0.25) is 0 Å². The van der Waals surface area contributed by atoms with E-state index in [1.165, 1.54) is 17.0 Å². The lowest BCUT2D eigenvalue weighted by Crippen LogP contribution is -2.47. The highest BCUT2D eigenvalue weighted by Gasteiger charge is 2.31. The van der Waals surface area contributed by atoms with Crippen molar-refractivity contribution in [3.8, 4) is 11.1 Å². The van der Waals surface area contributed by atoms with Gasteiger partial charge in [0, 0.05) is 31.0 Å². The Hall–Kier alpha value is -2.19. The van der Waals surface area contributed by atoms with Crippen LogP contribution in [0.15, 0.2) is 36.7 Å². The van der Waals surface area contributed by atoms with Gasteiger partial charge in [0.2, 0.25) is 10.0 Å². The Morgan fingerprint density at radius 1 is 1.25 bits per heavy atom. The SMILES string of the molecule is NS(=O)(=O)C1CCCN(C(=O)c2c[nH]cc2-c2ccc(F)cc2)C1. The monoisotopic (exact) mass is 351 g/mol. The van der Waals surface area contributed by atoms with Crippen molar-refractivity contribution < 1.29 is 17.6 Å². The van der Waals surface area contributed by atoms with E-state index >= 15 is 0 Å². The third-order valence-corrected chi connectivity index (χ3v) is 5.58. The number of halogens is 1. The first kappa shape index (κ1) is 16.7. The van der Waals surface area contributed by atoms with Crippen LogP contribution in [0.25, 0.3) is 11.1 Å². The number of carbonyl (C=O) groups excluding carboxylic acids is 1. The fourth-order valence-corrected chi connectivity index (χ4v) is 3.85. The highest BCUT2D eigenvalue weighted by Crippen LogP contribution is 2.26. The Morgan fingerprint density at radius 3 is 2.62 bits per heavy atom. The van der Waals surface area contributed by atoms with Crippen molar-refractivity contribution in [2.75, 3.05) is 13.1 Å². The largest absolute Gasteiger partial charge is 0.366 e. The van der Waals surface area contributed by atoms with Crippen molar-refractivity contribution in [1.82, 2.24) is 9.88 Å². The third-order valence-electron chi connectivity index (χ3n) is 4.26. The van der Waals surface area contributed by atoms with Gasteiger partial charge in [0.1, 0.15) is 5.82 Å². The standard InChI is InChI=1S/C16H18FN3O3S/c17-12-5-3-11(4-6-12)14-8-19-9-15(14)16(21)20-7-1-2-13(10-20)24(18,22)23/h3-6,8-9,13,19H,1-2,7,10H2,(H2,18,22,23). The first-order chi connectivity index (χ1) is 11.4. The Kier molecular flexibility index (Phi) is 4.42. The smallest absolute Gasteiger partial charge is 0.256 e. The predicted molar refractivity (Wildman–Crippen MR) is 88.2 cm³/mol. The predicted octanol–water partition coefficient (Wildman–Crippen LogP) is 1.71. The van der Waals surface area contributed by atoms with Gasteiger partial charge in [-0.2, -0.15) is 0 Å². The van der Waals surface area contributed by atoms with E-state index in [1.807, 2.05) is 0 Å². The molecule has 1 saturated heterocycles. The first-order valence-electron chi connectivity index (χ1n) is 7.60. The zero-order valence-corrected chi connectivity index (χ0v) is 13.7. The van der Waals surface area contributed by atoms with Gasteiger partial charge in [-0.25, -0.2) is 17.9 Å². The lowest BCUT2D eigenvalue weighted by Gasteiger charge is -2.31. The van der Waals surface area contributed by atoms with E-state index in [4.69, 9.17) is 5.14 Å². The number of hydrogen-bond acceptors (Lipinski definition) is 3. The highest BCUT2D eigenvalue weighted by atomic mass is 32.2. The number of H-pyrrole nitrogens is 1. The second-order valence-corrected chi connectivity index (χ2v) is 7.74. The molecule has 2 heterocycles. The molecule has 24 heavy (non-hydrogen) atoms. The summed E-state index contributed by atoms with van der Waals surface area (Å²) in [6, 6.07) is 5.85. The minimum absolute atomic E-state index is 0.0890. The Bertz CT molecular complexity index is 846. The van der Waals surface area contributed by atoms with Crippen LogP contribution >= 0.6 is 0 Å². The number of nitrogens with two attached hydrogens (primary N) is 1.